The van der Waals surface area contributed by atoms with Crippen molar-refractivity contribution in [2.75, 3.05) is 44.8 Å². The van der Waals surface area contributed by atoms with Crippen molar-refractivity contribution in [1.29, 1.82) is 0 Å². The number of hydrogen-bond acceptors (Lipinski definition) is 4. The number of nitrogens with zero attached hydrogens (tertiary/aromatic N) is 3. The molecule has 0 N–H and O–H groups in total. The van der Waals surface area contributed by atoms with Gasteiger partial charge >= 0.3 is 0 Å². The first kappa shape index (κ1) is 15.6. The zero-order valence-electron chi connectivity index (χ0n) is 12.9. The van der Waals surface area contributed by atoms with Crippen molar-refractivity contribution in [2.24, 2.45) is 5.41 Å². The second kappa shape index (κ2) is 6.42. The molecule has 22 heavy (non-hydrogen) atoms. The Kier molecular flexibility index (Phi) is 4.54. The van der Waals surface area contributed by atoms with E-state index in [4.69, 9.17) is 16.3 Å². The Hall–Kier alpha value is -1.33. The largest absolute Gasteiger partial charge is 0.383 e. The maximum absolute atomic E-state index is 12.9. The summed E-state index contributed by atoms with van der Waals surface area (Å²) in [7, 11) is 1.67. The van der Waals surface area contributed by atoms with Crippen LogP contribution in [0.5, 0.6) is 0 Å². The van der Waals surface area contributed by atoms with Crippen LogP contribution in [-0.2, 0) is 9.53 Å². The number of amides is 1. The van der Waals surface area contributed by atoms with E-state index in [0.717, 1.165) is 38.2 Å². The monoisotopic (exact) mass is 323 g/mol. The van der Waals surface area contributed by atoms with E-state index in [1.165, 1.54) is 0 Å². The van der Waals surface area contributed by atoms with Crippen LogP contribution in [-0.4, -0.2) is 55.7 Å². The van der Waals surface area contributed by atoms with Crippen molar-refractivity contribution in [2.45, 2.75) is 19.3 Å². The lowest BCUT2D eigenvalue weighted by Crippen LogP contribution is -2.51. The minimum absolute atomic E-state index is 0.269. The lowest BCUT2D eigenvalue weighted by molar-refractivity contribution is -0.145. The molecule has 3 rings (SSSR count). The van der Waals surface area contributed by atoms with Gasteiger partial charge in [0.15, 0.2) is 0 Å². The molecule has 0 aliphatic carbocycles. The quantitative estimate of drug-likeness (QED) is 0.852. The van der Waals surface area contributed by atoms with E-state index in [1.807, 2.05) is 17.0 Å². The number of carbonyl (C=O) groups excluding carboxylic acids is 1. The summed E-state index contributed by atoms with van der Waals surface area (Å²) in [5.74, 6) is 1.06. The van der Waals surface area contributed by atoms with Gasteiger partial charge in [-0.05, 0) is 31.4 Å². The Morgan fingerprint density at radius 3 is 3.05 bits per heavy atom. The molecule has 1 atom stereocenters. The first-order valence-electron chi connectivity index (χ1n) is 7.80. The summed E-state index contributed by atoms with van der Waals surface area (Å²) in [5, 5.41) is 0.652. The summed E-state index contributed by atoms with van der Waals surface area (Å²) in [6, 6.07) is 3.68. The van der Waals surface area contributed by atoms with Gasteiger partial charge in [0.05, 0.1) is 17.0 Å². The number of anilines is 1. The zero-order valence-corrected chi connectivity index (χ0v) is 13.7. The number of piperidine rings is 1. The van der Waals surface area contributed by atoms with Crippen LogP contribution in [0.2, 0.25) is 5.02 Å². The third-order valence-corrected chi connectivity index (χ3v) is 5.08. The highest BCUT2D eigenvalue weighted by Crippen LogP contribution is 2.42. The Morgan fingerprint density at radius 1 is 1.41 bits per heavy atom. The van der Waals surface area contributed by atoms with E-state index in [9.17, 15) is 4.79 Å². The van der Waals surface area contributed by atoms with Crippen LogP contribution in [0, 0.1) is 5.41 Å². The second-order valence-electron chi connectivity index (χ2n) is 6.15. The second-order valence-corrected chi connectivity index (χ2v) is 6.56. The average molecular weight is 324 g/mol. The fraction of sp³-hybridized carbons (Fsp3) is 0.625. The van der Waals surface area contributed by atoms with Crippen LogP contribution in [0.25, 0.3) is 0 Å². The highest BCUT2D eigenvalue weighted by atomic mass is 35.5. The number of hydrogen-bond donors (Lipinski definition) is 0. The van der Waals surface area contributed by atoms with Crippen molar-refractivity contribution in [3.05, 3.63) is 23.4 Å². The van der Waals surface area contributed by atoms with Crippen molar-refractivity contribution in [1.82, 2.24) is 9.88 Å². The molecule has 1 amide bonds. The molecule has 1 aromatic rings. The molecule has 1 aromatic heterocycles. The van der Waals surface area contributed by atoms with E-state index in [2.05, 4.69) is 9.88 Å². The maximum Gasteiger partial charge on any atom is 0.230 e. The van der Waals surface area contributed by atoms with Gasteiger partial charge in [-0.3, -0.25) is 4.79 Å². The van der Waals surface area contributed by atoms with Crippen molar-refractivity contribution in [3.63, 3.8) is 0 Å². The highest BCUT2D eigenvalue weighted by molar-refractivity contribution is 6.32. The normalized spacial score (nSPS) is 25.3. The lowest BCUT2D eigenvalue weighted by Gasteiger charge is -2.39. The predicted octanol–water partition coefficient (Wildman–Crippen LogP) is 2.20. The Balaban J connectivity index is 1.75. The Morgan fingerprint density at radius 2 is 2.27 bits per heavy atom. The van der Waals surface area contributed by atoms with Crippen LogP contribution in [0.1, 0.15) is 19.3 Å². The van der Waals surface area contributed by atoms with E-state index >= 15 is 0 Å². The number of carbonyl (C=O) groups is 1. The number of halogens is 1. The van der Waals surface area contributed by atoms with E-state index in [1.54, 1.807) is 13.3 Å². The van der Waals surface area contributed by atoms with Crippen molar-refractivity contribution < 1.29 is 9.53 Å². The topological polar surface area (TPSA) is 45.7 Å². The molecule has 120 valence electrons. The molecular weight excluding hydrogens is 302 g/mol. The number of methoxy groups -OCH3 is 1. The van der Waals surface area contributed by atoms with Gasteiger partial charge in [-0.1, -0.05) is 11.6 Å². The van der Waals surface area contributed by atoms with Crippen molar-refractivity contribution >= 4 is 23.3 Å². The highest BCUT2D eigenvalue weighted by Gasteiger charge is 2.48. The van der Waals surface area contributed by atoms with Crippen LogP contribution in [0.4, 0.5) is 5.82 Å². The van der Waals surface area contributed by atoms with Gasteiger partial charge in [-0.25, -0.2) is 4.98 Å². The molecule has 2 saturated heterocycles. The van der Waals surface area contributed by atoms with Gasteiger partial charge in [0.2, 0.25) is 5.91 Å². The zero-order chi connectivity index (χ0) is 15.6. The third kappa shape index (κ3) is 2.79. The molecule has 6 heteroatoms. The molecule has 5 nitrogen and oxygen atoms in total. The molecule has 2 aliphatic heterocycles. The summed E-state index contributed by atoms with van der Waals surface area (Å²) in [5.41, 5.74) is -0.271. The van der Waals surface area contributed by atoms with E-state index in [0.29, 0.717) is 24.7 Å². The summed E-state index contributed by atoms with van der Waals surface area (Å²) in [6.45, 7) is 3.67. The van der Waals surface area contributed by atoms with E-state index in [-0.39, 0.29) is 11.3 Å². The molecule has 0 aromatic carbocycles. The molecule has 0 radical (unpaired) electrons. The average Bonchev–Trinajstić information content (AvgIpc) is 2.94. The van der Waals surface area contributed by atoms with Crippen LogP contribution < -0.4 is 4.90 Å². The number of likely N-dealkylation sites (tertiary alicyclic amines) is 1. The minimum atomic E-state index is -0.271. The molecule has 3 heterocycles. The first-order valence-corrected chi connectivity index (χ1v) is 8.18. The molecule has 0 unspecified atom stereocenters. The molecule has 2 fully saturated rings. The fourth-order valence-electron chi connectivity index (χ4n) is 3.61. The summed E-state index contributed by atoms with van der Waals surface area (Å²) in [4.78, 5) is 21.4. The number of ether oxygens (including phenoxy) is 1. The molecule has 0 saturated carbocycles. The number of aromatic nitrogens is 1. The SMILES string of the molecule is COCCN1CCC[C@@]2(CCN(c3ncccc3Cl)C2)C1=O. The fourth-order valence-corrected chi connectivity index (χ4v) is 3.85. The number of pyridine rings is 1. The summed E-state index contributed by atoms with van der Waals surface area (Å²) in [6.07, 6.45) is 4.64. The van der Waals surface area contributed by atoms with Gasteiger partial charge in [-0.15, -0.1) is 0 Å². The lowest BCUT2D eigenvalue weighted by atomic mass is 9.78. The van der Waals surface area contributed by atoms with Crippen LogP contribution in [0.3, 0.4) is 0 Å². The van der Waals surface area contributed by atoms with Crippen LogP contribution in [0.15, 0.2) is 18.3 Å². The van der Waals surface area contributed by atoms with Gasteiger partial charge in [0.1, 0.15) is 5.82 Å². The molecule has 0 bridgehead atoms. The molecule has 2 aliphatic rings. The smallest absolute Gasteiger partial charge is 0.230 e. The molecular formula is C16H22ClN3O2. The third-order valence-electron chi connectivity index (χ3n) is 4.78. The van der Waals surface area contributed by atoms with Gasteiger partial charge in [0.25, 0.3) is 0 Å². The first-order chi connectivity index (χ1) is 10.7. The number of rotatable bonds is 4. The van der Waals surface area contributed by atoms with Crippen molar-refractivity contribution in [3.8, 4) is 0 Å². The van der Waals surface area contributed by atoms with Crippen LogP contribution >= 0.6 is 11.6 Å². The van der Waals surface area contributed by atoms with Gasteiger partial charge < -0.3 is 14.5 Å². The van der Waals surface area contributed by atoms with E-state index < -0.39 is 0 Å². The predicted molar refractivity (Wildman–Crippen MR) is 86.2 cm³/mol. The molecule has 1 spiro atoms. The summed E-state index contributed by atoms with van der Waals surface area (Å²) < 4.78 is 5.12. The van der Waals surface area contributed by atoms with Gasteiger partial charge in [0, 0.05) is 39.5 Å². The Bertz CT molecular complexity index is 554. The maximum atomic E-state index is 12.9. The summed E-state index contributed by atoms with van der Waals surface area (Å²) >= 11 is 6.25. The minimum Gasteiger partial charge on any atom is -0.383 e. The standard InChI is InChI=1S/C16H22ClN3O2/c1-22-11-10-19-8-3-5-16(15(19)21)6-9-20(12-16)14-13(17)4-2-7-18-14/h2,4,7H,3,5-6,8-12H2,1H3/t16-/m0/s1. The van der Waals surface area contributed by atoms with Gasteiger partial charge in [-0.2, -0.15) is 0 Å². The Labute approximate surface area is 136 Å².